The van der Waals surface area contributed by atoms with Crippen LogP contribution in [0, 0.1) is 0 Å². The summed E-state index contributed by atoms with van der Waals surface area (Å²) >= 11 is 7.82. The Kier molecular flexibility index (Phi) is 5.65. The summed E-state index contributed by atoms with van der Waals surface area (Å²) in [4.78, 5) is 23.2. The zero-order valence-electron chi connectivity index (χ0n) is 19.2. The molecule has 1 atom stereocenters. The highest BCUT2D eigenvalue weighted by molar-refractivity contribution is 7.12. The lowest BCUT2D eigenvalue weighted by Gasteiger charge is -2.40. The Labute approximate surface area is 207 Å². The van der Waals surface area contributed by atoms with Gasteiger partial charge in [-0.3, -0.25) is 4.79 Å². The van der Waals surface area contributed by atoms with Crippen molar-refractivity contribution in [2.45, 2.75) is 51.0 Å². The number of carbonyl (C=O) groups excluding carboxylic acids is 1. The van der Waals surface area contributed by atoms with Crippen LogP contribution in [-0.2, 0) is 0 Å². The molecule has 6 rings (SSSR count). The van der Waals surface area contributed by atoms with Crippen LogP contribution in [0.15, 0.2) is 35.7 Å². The number of nitrogens with zero attached hydrogens (tertiary/aromatic N) is 6. The second-order valence-corrected chi connectivity index (χ2v) is 10.8. The summed E-state index contributed by atoms with van der Waals surface area (Å²) in [7, 11) is 0. The van der Waals surface area contributed by atoms with Crippen molar-refractivity contribution in [3.8, 4) is 0 Å². The second kappa shape index (κ2) is 8.82. The number of fused-ring (bicyclic) bond motifs is 3. The summed E-state index contributed by atoms with van der Waals surface area (Å²) in [6, 6.07) is 9.66. The monoisotopic (exact) mass is 494 g/mol. The molecule has 4 heterocycles. The molecule has 34 heavy (non-hydrogen) atoms. The van der Waals surface area contributed by atoms with E-state index in [2.05, 4.69) is 21.3 Å². The zero-order chi connectivity index (χ0) is 23.2. The van der Waals surface area contributed by atoms with Gasteiger partial charge in [0.2, 0.25) is 5.95 Å². The van der Waals surface area contributed by atoms with Crippen molar-refractivity contribution in [3.63, 3.8) is 0 Å². The van der Waals surface area contributed by atoms with Crippen molar-refractivity contribution in [1.82, 2.24) is 24.5 Å². The fourth-order valence-electron chi connectivity index (χ4n) is 5.43. The molecular formula is C25H27ClN6OS. The number of anilines is 1. The summed E-state index contributed by atoms with van der Waals surface area (Å²) in [6.07, 6.45) is 6.02. The fraction of sp³-hybridized carbons (Fsp3) is 0.440. The third-order valence-corrected chi connectivity index (χ3v) is 8.28. The summed E-state index contributed by atoms with van der Waals surface area (Å²) in [5, 5.41) is 12.9. The van der Waals surface area contributed by atoms with Crippen molar-refractivity contribution >= 4 is 51.3 Å². The molecule has 9 heteroatoms. The van der Waals surface area contributed by atoms with E-state index in [0.717, 1.165) is 46.0 Å². The maximum Gasteiger partial charge on any atom is 0.264 e. The standard InChI is InChI=1S/C25H27ClN6OS/c1-16-15-30(11-12-31(16)24(33)21-8-5-13-34-21)25-27-20-14-18(26)9-10-19(20)23-29-28-22(32(23)25)17-6-3-2-4-7-17/h5,8-10,13-14,16-17H,2-4,6-7,11-12,15H2,1H3. The average Bonchev–Trinajstić information content (AvgIpc) is 3.54. The molecule has 176 valence electrons. The Bertz CT molecular complexity index is 1350. The van der Waals surface area contributed by atoms with E-state index in [-0.39, 0.29) is 11.9 Å². The second-order valence-electron chi connectivity index (χ2n) is 9.40. The maximum atomic E-state index is 13.0. The lowest BCUT2D eigenvalue weighted by Crippen LogP contribution is -2.54. The molecule has 4 aromatic rings. The van der Waals surface area contributed by atoms with Gasteiger partial charge >= 0.3 is 0 Å². The van der Waals surface area contributed by atoms with E-state index in [1.165, 1.54) is 30.6 Å². The van der Waals surface area contributed by atoms with Crippen LogP contribution in [0.25, 0.3) is 16.6 Å². The van der Waals surface area contributed by atoms with E-state index in [4.69, 9.17) is 21.7 Å². The number of halogens is 1. The highest BCUT2D eigenvalue weighted by Gasteiger charge is 2.32. The zero-order valence-corrected chi connectivity index (χ0v) is 20.7. The summed E-state index contributed by atoms with van der Waals surface area (Å²) in [5.74, 6) is 2.37. The van der Waals surface area contributed by atoms with Crippen LogP contribution in [0.2, 0.25) is 5.02 Å². The smallest absolute Gasteiger partial charge is 0.264 e. The van der Waals surface area contributed by atoms with Gasteiger partial charge in [-0.15, -0.1) is 21.5 Å². The quantitative estimate of drug-likeness (QED) is 0.382. The van der Waals surface area contributed by atoms with Crippen LogP contribution in [0.4, 0.5) is 5.95 Å². The Morgan fingerprint density at radius 1 is 1.12 bits per heavy atom. The molecule has 1 saturated carbocycles. The number of hydrogen-bond acceptors (Lipinski definition) is 6. The first kappa shape index (κ1) is 21.8. The maximum absolute atomic E-state index is 13.0. The van der Waals surface area contributed by atoms with Crippen molar-refractivity contribution < 1.29 is 4.79 Å². The summed E-state index contributed by atoms with van der Waals surface area (Å²) in [5.41, 5.74) is 1.66. The minimum atomic E-state index is 0.0601. The Hall–Kier alpha value is -2.71. The number of benzene rings is 1. The number of amides is 1. The number of carbonyl (C=O) groups is 1. The fourth-order valence-corrected chi connectivity index (χ4v) is 6.28. The first-order valence-corrected chi connectivity index (χ1v) is 13.3. The molecule has 1 saturated heterocycles. The van der Waals surface area contributed by atoms with Gasteiger partial charge in [0, 0.05) is 42.0 Å². The van der Waals surface area contributed by atoms with Gasteiger partial charge < -0.3 is 9.80 Å². The molecule has 0 N–H and O–H groups in total. The minimum absolute atomic E-state index is 0.0601. The Balaban J connectivity index is 1.41. The average molecular weight is 495 g/mol. The van der Waals surface area contributed by atoms with E-state index < -0.39 is 0 Å². The van der Waals surface area contributed by atoms with E-state index in [1.54, 1.807) is 0 Å². The molecule has 1 amide bonds. The van der Waals surface area contributed by atoms with Gasteiger partial charge in [0.25, 0.3) is 5.91 Å². The SMILES string of the molecule is CC1CN(c2nc3cc(Cl)ccc3c3nnc(C4CCCCC4)n23)CCN1C(=O)c1cccs1. The highest BCUT2D eigenvalue weighted by atomic mass is 35.5. The predicted molar refractivity (Wildman–Crippen MR) is 136 cm³/mol. The van der Waals surface area contributed by atoms with Crippen molar-refractivity contribution in [2.75, 3.05) is 24.5 Å². The van der Waals surface area contributed by atoms with Gasteiger partial charge in [-0.05, 0) is 49.4 Å². The Morgan fingerprint density at radius 2 is 1.97 bits per heavy atom. The molecule has 1 aromatic carbocycles. The predicted octanol–water partition coefficient (Wildman–Crippen LogP) is 5.39. The normalized spacial score (nSPS) is 19.9. The molecule has 1 unspecified atom stereocenters. The lowest BCUT2D eigenvalue weighted by molar-refractivity contribution is 0.0678. The highest BCUT2D eigenvalue weighted by Crippen LogP contribution is 2.35. The summed E-state index contributed by atoms with van der Waals surface area (Å²) in [6.45, 7) is 4.17. The van der Waals surface area contributed by atoms with Gasteiger partial charge in [0.05, 0.1) is 10.4 Å². The number of thiophene rings is 1. The Morgan fingerprint density at radius 3 is 2.74 bits per heavy atom. The van der Waals surface area contributed by atoms with Crippen molar-refractivity contribution in [1.29, 1.82) is 0 Å². The van der Waals surface area contributed by atoms with Gasteiger partial charge in [-0.25, -0.2) is 9.38 Å². The largest absolute Gasteiger partial charge is 0.338 e. The third-order valence-electron chi connectivity index (χ3n) is 7.18. The molecule has 3 aromatic heterocycles. The number of hydrogen-bond donors (Lipinski definition) is 0. The molecular weight excluding hydrogens is 468 g/mol. The molecule has 0 spiro atoms. The first-order valence-electron chi connectivity index (χ1n) is 12.0. The first-order chi connectivity index (χ1) is 16.6. The van der Waals surface area contributed by atoms with Crippen LogP contribution in [0.5, 0.6) is 0 Å². The molecule has 2 fully saturated rings. The van der Waals surface area contributed by atoms with Gasteiger partial charge in [0.15, 0.2) is 5.65 Å². The van der Waals surface area contributed by atoms with Crippen molar-refractivity contribution in [2.24, 2.45) is 0 Å². The molecule has 2 aliphatic rings. The van der Waals surface area contributed by atoms with E-state index >= 15 is 0 Å². The molecule has 1 aliphatic heterocycles. The minimum Gasteiger partial charge on any atom is -0.338 e. The van der Waals surface area contributed by atoms with Crippen molar-refractivity contribution in [3.05, 3.63) is 51.4 Å². The summed E-state index contributed by atoms with van der Waals surface area (Å²) < 4.78 is 2.18. The van der Waals surface area contributed by atoms with Crippen LogP contribution >= 0.6 is 22.9 Å². The van der Waals surface area contributed by atoms with Gasteiger partial charge in [0.1, 0.15) is 5.82 Å². The van der Waals surface area contributed by atoms with Crippen LogP contribution in [0.3, 0.4) is 0 Å². The molecule has 7 nitrogen and oxygen atoms in total. The molecule has 0 radical (unpaired) electrons. The van der Waals surface area contributed by atoms with Gasteiger partial charge in [-0.1, -0.05) is 36.9 Å². The number of aromatic nitrogens is 4. The lowest BCUT2D eigenvalue weighted by atomic mass is 9.89. The third kappa shape index (κ3) is 3.73. The van der Waals surface area contributed by atoms with E-state index in [0.29, 0.717) is 30.6 Å². The number of rotatable bonds is 3. The van der Waals surface area contributed by atoms with E-state index in [1.807, 2.05) is 40.6 Å². The van der Waals surface area contributed by atoms with Crippen LogP contribution in [0.1, 0.15) is 60.4 Å². The van der Waals surface area contributed by atoms with Gasteiger partial charge in [-0.2, -0.15) is 0 Å². The van der Waals surface area contributed by atoms with Crippen LogP contribution in [-0.4, -0.2) is 56.1 Å². The number of piperazine rings is 1. The van der Waals surface area contributed by atoms with Crippen LogP contribution < -0.4 is 4.90 Å². The molecule has 0 bridgehead atoms. The van der Waals surface area contributed by atoms with E-state index in [9.17, 15) is 4.79 Å². The molecule has 1 aliphatic carbocycles. The topological polar surface area (TPSA) is 66.6 Å².